The Hall–Kier alpha value is -1.54. The lowest BCUT2D eigenvalue weighted by molar-refractivity contribution is 0.138. The molecule has 0 rings (SSSR count). The quantitative estimate of drug-likeness (QED) is 0.295. The van der Waals surface area contributed by atoms with E-state index in [1.165, 1.54) is 0 Å². The number of hydrogen-bond donors (Lipinski definition) is 1. The maximum atomic E-state index is 8.25. The maximum Gasteiger partial charge on any atom is 0.284 e. The van der Waals surface area contributed by atoms with Crippen molar-refractivity contribution >= 4 is 6.02 Å². The molecule has 84 valence electrons. The molecule has 0 atom stereocenters. The second kappa shape index (κ2) is 9.03. The standard InChI is InChI=1S/C10H17N3O2/c1-3-7-15-10(12)13(4-2)6-9-14-8-5-11/h3,12H,1,4,6-9H2,2H3. The predicted molar refractivity (Wildman–Crippen MR) is 57.6 cm³/mol. The van der Waals surface area contributed by atoms with Crippen LogP contribution in [0, 0.1) is 16.7 Å². The molecule has 1 N–H and O–H groups in total. The second-order valence-corrected chi connectivity index (χ2v) is 2.70. The highest BCUT2D eigenvalue weighted by Gasteiger charge is 2.07. The molecule has 0 aliphatic heterocycles. The average molecular weight is 211 g/mol. The van der Waals surface area contributed by atoms with Gasteiger partial charge in [0.15, 0.2) is 0 Å². The smallest absolute Gasteiger partial charge is 0.284 e. The van der Waals surface area contributed by atoms with Gasteiger partial charge in [0.2, 0.25) is 0 Å². The maximum absolute atomic E-state index is 8.25. The van der Waals surface area contributed by atoms with Crippen molar-refractivity contribution in [3.63, 3.8) is 0 Å². The minimum atomic E-state index is 0.0817. The van der Waals surface area contributed by atoms with E-state index in [1.54, 1.807) is 11.0 Å². The predicted octanol–water partition coefficient (Wildman–Crippen LogP) is 0.986. The van der Waals surface area contributed by atoms with Gasteiger partial charge < -0.3 is 14.4 Å². The van der Waals surface area contributed by atoms with E-state index in [1.807, 2.05) is 13.0 Å². The lowest BCUT2D eigenvalue weighted by Crippen LogP contribution is -2.35. The van der Waals surface area contributed by atoms with Crippen LogP contribution in [0.3, 0.4) is 0 Å². The topological polar surface area (TPSA) is 69.3 Å². The molecule has 0 bridgehead atoms. The number of nitrogens with zero attached hydrogens (tertiary/aromatic N) is 2. The van der Waals surface area contributed by atoms with Crippen molar-refractivity contribution < 1.29 is 9.47 Å². The van der Waals surface area contributed by atoms with Crippen LogP contribution in [0.25, 0.3) is 0 Å². The molecule has 0 aliphatic carbocycles. The lowest BCUT2D eigenvalue weighted by Gasteiger charge is -2.22. The van der Waals surface area contributed by atoms with Gasteiger partial charge in [-0.2, -0.15) is 5.26 Å². The third-order valence-corrected chi connectivity index (χ3v) is 1.68. The summed E-state index contributed by atoms with van der Waals surface area (Å²) in [6.45, 7) is 7.48. The monoisotopic (exact) mass is 211 g/mol. The normalized spacial score (nSPS) is 9.07. The third-order valence-electron chi connectivity index (χ3n) is 1.68. The van der Waals surface area contributed by atoms with E-state index in [-0.39, 0.29) is 12.6 Å². The molecular formula is C10H17N3O2. The van der Waals surface area contributed by atoms with Gasteiger partial charge in [-0.15, -0.1) is 0 Å². The Balaban J connectivity index is 3.75. The molecule has 5 nitrogen and oxygen atoms in total. The molecule has 0 aromatic carbocycles. The average Bonchev–Trinajstić information content (AvgIpc) is 2.26. The third kappa shape index (κ3) is 6.52. The van der Waals surface area contributed by atoms with E-state index in [9.17, 15) is 0 Å². The molecule has 0 spiro atoms. The van der Waals surface area contributed by atoms with Gasteiger partial charge >= 0.3 is 0 Å². The van der Waals surface area contributed by atoms with Gasteiger partial charge in [0.1, 0.15) is 13.2 Å². The van der Waals surface area contributed by atoms with Crippen molar-refractivity contribution in [2.75, 3.05) is 32.9 Å². The number of hydrogen-bond acceptors (Lipinski definition) is 4. The number of nitrogens with one attached hydrogen (secondary N) is 1. The van der Waals surface area contributed by atoms with E-state index in [2.05, 4.69) is 6.58 Å². The molecule has 5 heteroatoms. The van der Waals surface area contributed by atoms with Crippen LogP contribution in [0.5, 0.6) is 0 Å². The van der Waals surface area contributed by atoms with Gasteiger partial charge in [0.25, 0.3) is 6.02 Å². The number of likely N-dealkylation sites (N-methyl/N-ethyl adjacent to an activating group) is 1. The van der Waals surface area contributed by atoms with Crippen LogP contribution in [-0.4, -0.2) is 43.8 Å². The number of rotatable bonds is 7. The van der Waals surface area contributed by atoms with E-state index in [4.69, 9.17) is 20.1 Å². The molecule has 0 radical (unpaired) electrons. The first kappa shape index (κ1) is 13.5. The summed E-state index contributed by atoms with van der Waals surface area (Å²) in [7, 11) is 0. The number of ether oxygens (including phenoxy) is 2. The van der Waals surface area contributed by atoms with Gasteiger partial charge in [0, 0.05) is 13.1 Å². The minimum absolute atomic E-state index is 0.0817. The molecular weight excluding hydrogens is 194 g/mol. The number of nitriles is 1. The first-order chi connectivity index (χ1) is 7.26. The summed E-state index contributed by atoms with van der Waals surface area (Å²) in [5.41, 5.74) is 0. The fourth-order valence-electron chi connectivity index (χ4n) is 0.925. The van der Waals surface area contributed by atoms with Crippen molar-refractivity contribution in [3.05, 3.63) is 12.7 Å². The van der Waals surface area contributed by atoms with Gasteiger partial charge in [-0.05, 0) is 6.92 Å². The Morgan fingerprint density at radius 2 is 2.40 bits per heavy atom. The van der Waals surface area contributed by atoms with Crippen molar-refractivity contribution in [1.82, 2.24) is 4.90 Å². The largest absolute Gasteiger partial charge is 0.461 e. The Morgan fingerprint density at radius 3 is 2.93 bits per heavy atom. The molecule has 15 heavy (non-hydrogen) atoms. The number of amidine groups is 1. The first-order valence-corrected chi connectivity index (χ1v) is 4.78. The van der Waals surface area contributed by atoms with E-state index in [0.717, 1.165) is 0 Å². The summed E-state index contributed by atoms with van der Waals surface area (Å²) in [5.74, 6) is 0. The van der Waals surface area contributed by atoms with Gasteiger partial charge in [-0.3, -0.25) is 5.41 Å². The SMILES string of the molecule is C=CCOC(=N)N(CC)CCOCC#N. The Morgan fingerprint density at radius 1 is 1.67 bits per heavy atom. The Bertz CT molecular complexity index is 235. The van der Waals surface area contributed by atoms with Crippen LogP contribution >= 0.6 is 0 Å². The molecule has 0 amide bonds. The summed E-state index contributed by atoms with van der Waals surface area (Å²) >= 11 is 0. The summed E-state index contributed by atoms with van der Waals surface area (Å²) in [5, 5.41) is 15.8. The second-order valence-electron chi connectivity index (χ2n) is 2.70. The molecule has 0 aromatic heterocycles. The summed E-state index contributed by atoms with van der Waals surface area (Å²) in [4.78, 5) is 1.72. The zero-order valence-electron chi connectivity index (χ0n) is 9.03. The van der Waals surface area contributed by atoms with Crippen LogP contribution in [0.15, 0.2) is 12.7 Å². The van der Waals surface area contributed by atoms with Crippen molar-refractivity contribution in [2.45, 2.75) is 6.92 Å². The van der Waals surface area contributed by atoms with Crippen molar-refractivity contribution in [2.24, 2.45) is 0 Å². The molecule has 0 aliphatic rings. The van der Waals surface area contributed by atoms with E-state index in [0.29, 0.717) is 26.3 Å². The minimum Gasteiger partial charge on any atom is -0.461 e. The highest BCUT2D eigenvalue weighted by atomic mass is 16.5. The van der Waals surface area contributed by atoms with Crippen molar-refractivity contribution in [3.8, 4) is 6.07 Å². The molecule has 0 aromatic rings. The van der Waals surface area contributed by atoms with Gasteiger partial charge in [-0.1, -0.05) is 12.7 Å². The van der Waals surface area contributed by atoms with Crippen LogP contribution in [-0.2, 0) is 9.47 Å². The van der Waals surface area contributed by atoms with Gasteiger partial charge in [0.05, 0.1) is 12.7 Å². The Kier molecular flexibility index (Phi) is 8.10. The Labute approximate surface area is 90.4 Å². The van der Waals surface area contributed by atoms with Crippen LogP contribution in [0.4, 0.5) is 0 Å². The van der Waals surface area contributed by atoms with E-state index >= 15 is 0 Å². The molecule has 0 saturated carbocycles. The zero-order valence-corrected chi connectivity index (χ0v) is 9.03. The first-order valence-electron chi connectivity index (χ1n) is 4.78. The van der Waals surface area contributed by atoms with Crippen molar-refractivity contribution in [1.29, 1.82) is 10.7 Å². The fraction of sp³-hybridized carbons (Fsp3) is 0.600. The molecule has 0 fully saturated rings. The molecule has 0 unspecified atom stereocenters. The zero-order chi connectivity index (χ0) is 11.5. The van der Waals surface area contributed by atoms with Crippen LogP contribution in [0.2, 0.25) is 0 Å². The van der Waals surface area contributed by atoms with Crippen LogP contribution in [0.1, 0.15) is 6.92 Å². The lowest BCUT2D eigenvalue weighted by atomic mass is 10.5. The molecule has 0 saturated heterocycles. The van der Waals surface area contributed by atoms with Gasteiger partial charge in [-0.25, -0.2) is 0 Å². The summed E-state index contributed by atoms with van der Waals surface area (Å²) in [6.07, 6.45) is 1.59. The summed E-state index contributed by atoms with van der Waals surface area (Å²) in [6, 6.07) is 1.99. The highest BCUT2D eigenvalue weighted by Crippen LogP contribution is 1.92. The molecule has 0 heterocycles. The highest BCUT2D eigenvalue weighted by molar-refractivity contribution is 5.70. The van der Waals surface area contributed by atoms with E-state index < -0.39 is 0 Å². The summed E-state index contributed by atoms with van der Waals surface area (Å²) < 4.78 is 10.1. The fourth-order valence-corrected chi connectivity index (χ4v) is 0.925. The van der Waals surface area contributed by atoms with Crippen LogP contribution < -0.4 is 0 Å².